The molecule has 0 bridgehead atoms. The maximum absolute atomic E-state index is 12.9. The molecule has 0 aliphatic carbocycles. The quantitative estimate of drug-likeness (QED) is 0.820. The minimum Gasteiger partial charge on any atom is -0.354 e. The molecule has 1 atom stereocenters. The number of hydrogen-bond donors (Lipinski definition) is 2. The van der Waals surface area contributed by atoms with E-state index in [4.69, 9.17) is 23.2 Å². The standard InChI is InChI=1S/C19H25Cl2N3O2/c1-19(6-8-22-9-7-19)12-23-17(25)16-3-2-10-24(16)18(26)14-11-13(20)4-5-15(14)21/h4-5,11,16,22H,2-3,6-10,12H2,1H3,(H,23,25). The first-order valence-electron chi connectivity index (χ1n) is 9.14. The Kier molecular flexibility index (Phi) is 6.10. The third-order valence-electron chi connectivity index (χ3n) is 5.48. The van der Waals surface area contributed by atoms with E-state index in [1.54, 1.807) is 23.1 Å². The zero-order valence-electron chi connectivity index (χ0n) is 15.0. The fraction of sp³-hybridized carbons (Fsp3) is 0.579. The molecule has 2 saturated heterocycles. The van der Waals surface area contributed by atoms with Crippen molar-refractivity contribution in [2.45, 2.75) is 38.6 Å². The first-order valence-corrected chi connectivity index (χ1v) is 9.90. The third-order valence-corrected chi connectivity index (χ3v) is 6.04. The van der Waals surface area contributed by atoms with Gasteiger partial charge < -0.3 is 15.5 Å². The fourth-order valence-electron chi connectivity index (χ4n) is 3.72. The van der Waals surface area contributed by atoms with Gasteiger partial charge in [-0.2, -0.15) is 0 Å². The Hall–Kier alpha value is -1.30. The molecule has 2 aliphatic rings. The molecule has 0 spiro atoms. The summed E-state index contributed by atoms with van der Waals surface area (Å²) in [5.41, 5.74) is 0.467. The van der Waals surface area contributed by atoms with Crippen LogP contribution in [0.2, 0.25) is 10.0 Å². The van der Waals surface area contributed by atoms with Crippen LogP contribution in [0.5, 0.6) is 0 Å². The van der Waals surface area contributed by atoms with Gasteiger partial charge in [-0.15, -0.1) is 0 Å². The summed E-state index contributed by atoms with van der Waals surface area (Å²) in [6.45, 7) is 5.36. The molecule has 0 aromatic heterocycles. The first kappa shape index (κ1) is 19.5. The van der Waals surface area contributed by atoms with E-state index in [0.717, 1.165) is 32.4 Å². The van der Waals surface area contributed by atoms with Crippen LogP contribution in [0.1, 0.15) is 43.0 Å². The minimum atomic E-state index is -0.442. The van der Waals surface area contributed by atoms with Crippen LogP contribution in [0, 0.1) is 5.41 Å². The number of nitrogens with one attached hydrogen (secondary N) is 2. The molecule has 0 radical (unpaired) electrons. The predicted molar refractivity (Wildman–Crippen MR) is 104 cm³/mol. The molecular formula is C19H25Cl2N3O2. The van der Waals surface area contributed by atoms with Crippen molar-refractivity contribution < 1.29 is 9.59 Å². The van der Waals surface area contributed by atoms with Crippen molar-refractivity contribution in [3.63, 3.8) is 0 Å². The van der Waals surface area contributed by atoms with E-state index in [1.807, 2.05) is 0 Å². The highest BCUT2D eigenvalue weighted by Gasteiger charge is 2.36. The van der Waals surface area contributed by atoms with Crippen LogP contribution in [0.4, 0.5) is 0 Å². The van der Waals surface area contributed by atoms with Crippen molar-refractivity contribution in [1.29, 1.82) is 0 Å². The number of piperidine rings is 1. The van der Waals surface area contributed by atoms with Crippen molar-refractivity contribution in [2.75, 3.05) is 26.2 Å². The average molecular weight is 398 g/mol. The lowest BCUT2D eigenvalue weighted by atomic mass is 9.81. The van der Waals surface area contributed by atoms with Crippen LogP contribution < -0.4 is 10.6 Å². The van der Waals surface area contributed by atoms with Gasteiger partial charge in [-0.3, -0.25) is 9.59 Å². The lowest BCUT2D eigenvalue weighted by molar-refractivity contribution is -0.125. The second-order valence-electron chi connectivity index (χ2n) is 7.56. The average Bonchev–Trinajstić information content (AvgIpc) is 3.12. The molecule has 2 amide bonds. The topological polar surface area (TPSA) is 61.4 Å². The molecule has 26 heavy (non-hydrogen) atoms. The highest BCUT2D eigenvalue weighted by Crippen LogP contribution is 2.28. The number of benzene rings is 1. The van der Waals surface area contributed by atoms with Gasteiger partial charge in [0.2, 0.25) is 5.91 Å². The van der Waals surface area contributed by atoms with Crippen LogP contribution in [0.25, 0.3) is 0 Å². The van der Waals surface area contributed by atoms with Crippen LogP contribution in [-0.2, 0) is 4.79 Å². The maximum atomic E-state index is 12.9. The van der Waals surface area contributed by atoms with Gasteiger partial charge in [0.05, 0.1) is 10.6 Å². The molecule has 1 aromatic rings. The molecule has 142 valence electrons. The second-order valence-corrected chi connectivity index (χ2v) is 8.40. The lowest BCUT2D eigenvalue weighted by Gasteiger charge is -2.35. The molecular weight excluding hydrogens is 373 g/mol. The van der Waals surface area contributed by atoms with E-state index in [0.29, 0.717) is 35.1 Å². The summed E-state index contributed by atoms with van der Waals surface area (Å²) in [6.07, 6.45) is 3.56. The van der Waals surface area contributed by atoms with Crippen LogP contribution >= 0.6 is 23.2 Å². The number of carbonyl (C=O) groups excluding carboxylic acids is 2. The Morgan fingerprint density at radius 2 is 2.04 bits per heavy atom. The fourth-order valence-corrected chi connectivity index (χ4v) is 4.09. The smallest absolute Gasteiger partial charge is 0.256 e. The summed E-state index contributed by atoms with van der Waals surface area (Å²) in [7, 11) is 0. The zero-order valence-corrected chi connectivity index (χ0v) is 16.5. The molecule has 2 N–H and O–H groups in total. The van der Waals surface area contributed by atoms with Gasteiger partial charge in [-0.25, -0.2) is 0 Å². The largest absolute Gasteiger partial charge is 0.354 e. The summed E-state index contributed by atoms with van der Waals surface area (Å²) >= 11 is 12.2. The van der Waals surface area contributed by atoms with Crippen LogP contribution in [0.3, 0.4) is 0 Å². The predicted octanol–water partition coefficient (Wildman–Crippen LogP) is 3.10. The lowest BCUT2D eigenvalue weighted by Crippen LogP contribution is -2.49. The SMILES string of the molecule is CC1(CNC(=O)C2CCCN2C(=O)c2cc(Cl)ccc2Cl)CCNCC1. The summed E-state index contributed by atoms with van der Waals surface area (Å²) in [6, 6.07) is 4.38. The van der Waals surface area contributed by atoms with Gasteiger partial charge >= 0.3 is 0 Å². The number of hydrogen-bond acceptors (Lipinski definition) is 3. The van der Waals surface area contributed by atoms with Gasteiger partial charge in [-0.05, 0) is 62.4 Å². The van der Waals surface area contributed by atoms with E-state index < -0.39 is 6.04 Å². The summed E-state index contributed by atoms with van der Waals surface area (Å²) < 4.78 is 0. The molecule has 0 saturated carbocycles. The Balaban J connectivity index is 1.66. The van der Waals surface area contributed by atoms with E-state index in [1.165, 1.54) is 0 Å². The van der Waals surface area contributed by atoms with Crippen molar-refractivity contribution in [3.8, 4) is 0 Å². The van der Waals surface area contributed by atoms with E-state index in [2.05, 4.69) is 17.6 Å². The molecule has 5 nitrogen and oxygen atoms in total. The van der Waals surface area contributed by atoms with Crippen LogP contribution in [-0.4, -0.2) is 48.9 Å². The Morgan fingerprint density at radius 1 is 1.31 bits per heavy atom. The molecule has 7 heteroatoms. The van der Waals surface area contributed by atoms with Gasteiger partial charge in [0.1, 0.15) is 6.04 Å². The maximum Gasteiger partial charge on any atom is 0.256 e. The Bertz CT molecular complexity index is 689. The zero-order chi connectivity index (χ0) is 18.7. The molecule has 2 heterocycles. The monoisotopic (exact) mass is 397 g/mol. The number of rotatable bonds is 4. The van der Waals surface area contributed by atoms with Gasteiger partial charge in [0.15, 0.2) is 0 Å². The van der Waals surface area contributed by atoms with Crippen molar-refractivity contribution in [2.24, 2.45) is 5.41 Å². The van der Waals surface area contributed by atoms with Crippen LogP contribution in [0.15, 0.2) is 18.2 Å². The number of likely N-dealkylation sites (tertiary alicyclic amines) is 1. The molecule has 1 aromatic carbocycles. The van der Waals surface area contributed by atoms with Gasteiger partial charge in [0, 0.05) is 18.1 Å². The molecule has 2 aliphatic heterocycles. The van der Waals surface area contributed by atoms with E-state index in [-0.39, 0.29) is 17.2 Å². The van der Waals surface area contributed by atoms with E-state index >= 15 is 0 Å². The highest BCUT2D eigenvalue weighted by atomic mass is 35.5. The van der Waals surface area contributed by atoms with Crippen molar-refractivity contribution in [1.82, 2.24) is 15.5 Å². The second kappa shape index (κ2) is 8.15. The molecule has 1 unspecified atom stereocenters. The summed E-state index contributed by atoms with van der Waals surface area (Å²) in [5, 5.41) is 7.23. The van der Waals surface area contributed by atoms with Gasteiger partial charge in [0.25, 0.3) is 5.91 Å². The Morgan fingerprint density at radius 3 is 2.77 bits per heavy atom. The highest BCUT2D eigenvalue weighted by molar-refractivity contribution is 6.35. The summed E-state index contributed by atoms with van der Waals surface area (Å²) in [4.78, 5) is 27.3. The van der Waals surface area contributed by atoms with Gasteiger partial charge in [-0.1, -0.05) is 30.1 Å². The third kappa shape index (κ3) is 4.33. The Labute approximate surface area is 164 Å². The number of carbonyl (C=O) groups is 2. The number of amides is 2. The number of nitrogens with zero attached hydrogens (tertiary/aromatic N) is 1. The summed E-state index contributed by atoms with van der Waals surface area (Å²) in [5.74, 6) is -0.308. The number of halogens is 2. The first-order chi connectivity index (χ1) is 12.4. The van der Waals surface area contributed by atoms with E-state index in [9.17, 15) is 9.59 Å². The van der Waals surface area contributed by atoms with Crippen molar-refractivity contribution >= 4 is 35.0 Å². The molecule has 2 fully saturated rings. The normalized spacial score (nSPS) is 22.3. The minimum absolute atomic E-state index is 0.0752. The molecule has 3 rings (SSSR count). The van der Waals surface area contributed by atoms with Crippen molar-refractivity contribution in [3.05, 3.63) is 33.8 Å².